The van der Waals surface area contributed by atoms with Gasteiger partial charge in [0.1, 0.15) is 11.4 Å². The Hall–Kier alpha value is -1.96. The number of halogens is 2. The summed E-state index contributed by atoms with van der Waals surface area (Å²) in [6.07, 6.45) is 4.80. The molecule has 1 aromatic heterocycles. The number of nitrogens with one attached hydrogen (secondary N) is 1. The lowest BCUT2D eigenvalue weighted by Gasteiger charge is -2.49. The molecule has 1 aromatic carbocycles. The third-order valence-electron chi connectivity index (χ3n) is 6.63. The Morgan fingerprint density at radius 1 is 1.36 bits per heavy atom. The molecular weight excluding hydrogens is 385 g/mol. The van der Waals surface area contributed by atoms with Gasteiger partial charge in [0.15, 0.2) is 0 Å². The van der Waals surface area contributed by atoms with Crippen LogP contribution in [0.5, 0.6) is 0 Å². The summed E-state index contributed by atoms with van der Waals surface area (Å²) in [6.45, 7) is 0.720. The first-order chi connectivity index (χ1) is 13.4. The zero-order valence-electron chi connectivity index (χ0n) is 15.1. The number of hydrogen-bond acceptors (Lipinski definition) is 4. The molecule has 2 heterocycles. The zero-order valence-corrected chi connectivity index (χ0v) is 15.9. The molecule has 4 N–H and O–H groups in total. The second kappa shape index (κ2) is 6.27. The van der Waals surface area contributed by atoms with Crippen LogP contribution in [-0.4, -0.2) is 28.2 Å². The molecule has 6 nitrogen and oxygen atoms in total. The van der Waals surface area contributed by atoms with Crippen LogP contribution in [-0.2, 0) is 0 Å². The van der Waals surface area contributed by atoms with Gasteiger partial charge in [-0.1, -0.05) is 11.6 Å². The first-order valence-corrected chi connectivity index (χ1v) is 10.0. The molecule has 0 spiro atoms. The SMILES string of the molecule is NC1CC2CC(c3c(F)cc4c(=O)c(C(=O)O)cn(C5CC5)c4c3Cl)NCC12. The maximum Gasteiger partial charge on any atom is 0.341 e. The van der Waals surface area contributed by atoms with Crippen molar-refractivity contribution in [3.63, 3.8) is 0 Å². The Labute approximate surface area is 165 Å². The molecule has 5 rings (SSSR count). The van der Waals surface area contributed by atoms with Crippen LogP contribution in [0.2, 0.25) is 5.02 Å². The van der Waals surface area contributed by atoms with E-state index in [2.05, 4.69) is 5.32 Å². The van der Waals surface area contributed by atoms with Crippen LogP contribution < -0.4 is 16.5 Å². The minimum Gasteiger partial charge on any atom is -0.477 e. The van der Waals surface area contributed by atoms with Gasteiger partial charge in [-0.25, -0.2) is 9.18 Å². The van der Waals surface area contributed by atoms with E-state index in [-0.39, 0.29) is 34.1 Å². The van der Waals surface area contributed by atoms with Crippen LogP contribution in [0, 0.1) is 17.7 Å². The van der Waals surface area contributed by atoms with Crippen molar-refractivity contribution < 1.29 is 14.3 Å². The van der Waals surface area contributed by atoms with Gasteiger partial charge in [0, 0.05) is 36.4 Å². The molecule has 4 atom stereocenters. The summed E-state index contributed by atoms with van der Waals surface area (Å²) >= 11 is 6.68. The van der Waals surface area contributed by atoms with Crippen molar-refractivity contribution in [3.05, 3.63) is 44.5 Å². The first kappa shape index (κ1) is 18.1. The predicted octanol–water partition coefficient (Wildman–Crippen LogP) is 2.82. The highest BCUT2D eigenvalue weighted by molar-refractivity contribution is 6.36. The summed E-state index contributed by atoms with van der Waals surface area (Å²) in [5.41, 5.74) is 5.78. The van der Waals surface area contributed by atoms with Crippen LogP contribution in [0.15, 0.2) is 17.1 Å². The van der Waals surface area contributed by atoms with Gasteiger partial charge >= 0.3 is 5.97 Å². The van der Waals surface area contributed by atoms with Crippen LogP contribution in [0.4, 0.5) is 4.39 Å². The third-order valence-corrected chi connectivity index (χ3v) is 7.01. The van der Waals surface area contributed by atoms with E-state index in [1.54, 1.807) is 4.57 Å². The summed E-state index contributed by atoms with van der Waals surface area (Å²) in [5, 5.41) is 13.0. The van der Waals surface area contributed by atoms with E-state index >= 15 is 4.39 Å². The normalized spacial score (nSPS) is 29.4. The molecule has 28 heavy (non-hydrogen) atoms. The maximum absolute atomic E-state index is 15.1. The highest BCUT2D eigenvalue weighted by atomic mass is 35.5. The summed E-state index contributed by atoms with van der Waals surface area (Å²) in [5.74, 6) is -1.02. The first-order valence-electron chi connectivity index (χ1n) is 9.65. The number of piperidine rings is 1. The van der Waals surface area contributed by atoms with Gasteiger partial charge < -0.3 is 20.7 Å². The quantitative estimate of drug-likeness (QED) is 0.729. The second-order valence-electron chi connectivity index (χ2n) is 8.32. The number of carboxylic acids is 1. The molecule has 2 aromatic rings. The number of pyridine rings is 1. The molecule has 4 unspecified atom stereocenters. The lowest BCUT2D eigenvalue weighted by molar-refractivity contribution is 0.0694. The van der Waals surface area contributed by atoms with Crippen molar-refractivity contribution in [3.8, 4) is 0 Å². The topological polar surface area (TPSA) is 97.3 Å². The molecule has 0 radical (unpaired) electrons. The average molecular weight is 406 g/mol. The Kier molecular flexibility index (Phi) is 4.05. The number of carboxylic acid groups (broad SMARTS) is 1. The molecule has 8 heteroatoms. The van der Waals surface area contributed by atoms with E-state index in [1.807, 2.05) is 0 Å². The minimum absolute atomic E-state index is 0.0254. The van der Waals surface area contributed by atoms with Crippen LogP contribution in [0.1, 0.15) is 53.7 Å². The Morgan fingerprint density at radius 3 is 2.71 bits per heavy atom. The van der Waals surface area contributed by atoms with Crippen LogP contribution in [0.3, 0.4) is 0 Å². The van der Waals surface area contributed by atoms with Crippen molar-refractivity contribution in [1.82, 2.24) is 9.88 Å². The van der Waals surface area contributed by atoms with Crippen LogP contribution >= 0.6 is 11.6 Å². The fourth-order valence-electron chi connectivity index (χ4n) is 4.90. The molecular formula is C20H21ClFN3O3. The average Bonchev–Trinajstić information content (AvgIpc) is 3.46. The van der Waals surface area contributed by atoms with Crippen molar-refractivity contribution in [1.29, 1.82) is 0 Å². The van der Waals surface area contributed by atoms with Gasteiger partial charge in [-0.3, -0.25) is 4.79 Å². The van der Waals surface area contributed by atoms with E-state index in [0.717, 1.165) is 38.3 Å². The summed E-state index contributed by atoms with van der Waals surface area (Å²) < 4.78 is 16.8. The number of nitrogens with zero attached hydrogens (tertiary/aromatic N) is 1. The highest BCUT2D eigenvalue weighted by Crippen LogP contribution is 2.46. The number of aromatic nitrogens is 1. The summed E-state index contributed by atoms with van der Waals surface area (Å²) in [4.78, 5) is 24.1. The molecule has 0 amide bonds. The van der Waals surface area contributed by atoms with E-state index in [9.17, 15) is 14.7 Å². The molecule has 2 saturated carbocycles. The number of carbonyl (C=O) groups is 1. The van der Waals surface area contributed by atoms with Crippen molar-refractivity contribution in [2.45, 2.75) is 43.8 Å². The van der Waals surface area contributed by atoms with E-state index in [4.69, 9.17) is 17.3 Å². The summed E-state index contributed by atoms with van der Waals surface area (Å²) in [7, 11) is 0. The van der Waals surface area contributed by atoms with Gasteiger partial charge in [-0.15, -0.1) is 0 Å². The van der Waals surface area contributed by atoms with Gasteiger partial charge in [-0.2, -0.15) is 0 Å². The number of aromatic carboxylic acids is 1. The van der Waals surface area contributed by atoms with Crippen molar-refractivity contribution in [2.24, 2.45) is 17.6 Å². The Balaban J connectivity index is 1.68. The maximum atomic E-state index is 15.1. The van der Waals surface area contributed by atoms with Gasteiger partial charge in [-0.05, 0) is 43.6 Å². The fraction of sp³-hybridized carbons (Fsp3) is 0.500. The van der Waals surface area contributed by atoms with Gasteiger partial charge in [0.25, 0.3) is 0 Å². The van der Waals surface area contributed by atoms with Crippen molar-refractivity contribution in [2.75, 3.05) is 6.54 Å². The molecule has 148 valence electrons. The standard InChI is InChI=1S/C20H21ClFN3O3/c21-17-16(15-4-8-3-14(23)11(8)6-24-15)13(22)5-10-18(17)25(9-1-2-9)7-12(19(10)26)20(27)28/h5,7-9,11,14-15,24H,1-4,6,23H2,(H,27,28). The lowest BCUT2D eigenvalue weighted by atomic mass is 9.64. The third kappa shape index (κ3) is 2.60. The zero-order chi connectivity index (χ0) is 19.7. The number of nitrogens with two attached hydrogens (primary N) is 1. The smallest absolute Gasteiger partial charge is 0.341 e. The van der Waals surface area contributed by atoms with Gasteiger partial charge in [0.2, 0.25) is 5.43 Å². The Morgan fingerprint density at radius 2 is 2.11 bits per heavy atom. The molecule has 1 aliphatic heterocycles. The monoisotopic (exact) mass is 405 g/mol. The minimum atomic E-state index is -1.32. The van der Waals surface area contributed by atoms with E-state index in [1.165, 1.54) is 6.20 Å². The molecule has 1 saturated heterocycles. The van der Waals surface area contributed by atoms with Crippen molar-refractivity contribution >= 4 is 28.5 Å². The molecule has 3 fully saturated rings. The number of fused-ring (bicyclic) bond motifs is 2. The molecule has 0 bridgehead atoms. The van der Waals surface area contributed by atoms with E-state index < -0.39 is 17.2 Å². The number of benzene rings is 1. The largest absolute Gasteiger partial charge is 0.477 e. The second-order valence-corrected chi connectivity index (χ2v) is 8.70. The fourth-order valence-corrected chi connectivity index (χ4v) is 5.32. The summed E-state index contributed by atoms with van der Waals surface area (Å²) in [6, 6.07) is 1.20. The van der Waals surface area contributed by atoms with Gasteiger partial charge in [0.05, 0.1) is 15.9 Å². The molecule has 2 aliphatic carbocycles. The lowest BCUT2D eigenvalue weighted by Crippen LogP contribution is -2.56. The number of hydrogen-bond donors (Lipinski definition) is 3. The molecule has 3 aliphatic rings. The number of rotatable bonds is 3. The van der Waals surface area contributed by atoms with Crippen LogP contribution in [0.25, 0.3) is 10.9 Å². The van der Waals surface area contributed by atoms with E-state index in [0.29, 0.717) is 22.9 Å². The predicted molar refractivity (Wildman–Crippen MR) is 103 cm³/mol. The highest BCUT2D eigenvalue weighted by Gasteiger charge is 2.44. The Bertz CT molecular complexity index is 1070.